The third kappa shape index (κ3) is 4.94. The molecule has 26 heavy (non-hydrogen) atoms. The highest BCUT2D eigenvalue weighted by molar-refractivity contribution is 6.00. The molecular formula is C22H26N2O2. The number of benzene rings is 2. The fourth-order valence-corrected chi connectivity index (χ4v) is 3.24. The average molecular weight is 350 g/mol. The van der Waals surface area contributed by atoms with E-state index in [9.17, 15) is 9.59 Å². The van der Waals surface area contributed by atoms with Gasteiger partial charge in [0.15, 0.2) is 5.78 Å². The number of piperidine rings is 1. The minimum absolute atomic E-state index is 0.00424. The predicted octanol–water partition coefficient (Wildman–Crippen LogP) is 4.52. The molecule has 1 heterocycles. The second-order valence-corrected chi connectivity index (χ2v) is 7.05. The molecule has 2 aromatic carbocycles. The van der Waals surface area contributed by atoms with E-state index in [-0.39, 0.29) is 24.5 Å². The lowest BCUT2D eigenvalue weighted by molar-refractivity contribution is -0.116. The van der Waals surface area contributed by atoms with Gasteiger partial charge in [0.1, 0.15) is 0 Å². The summed E-state index contributed by atoms with van der Waals surface area (Å²) in [6.45, 7) is 4.49. The Balaban J connectivity index is 1.48. The summed E-state index contributed by atoms with van der Waals surface area (Å²) in [4.78, 5) is 26.5. The summed E-state index contributed by atoms with van der Waals surface area (Å²) in [6.07, 6.45) is 2.88. The maximum Gasteiger partial charge on any atom is 0.224 e. The van der Waals surface area contributed by atoms with E-state index in [1.54, 1.807) is 12.1 Å². The van der Waals surface area contributed by atoms with Crippen molar-refractivity contribution in [2.75, 3.05) is 23.3 Å². The summed E-state index contributed by atoms with van der Waals surface area (Å²) in [5.74, 6) is 0.674. The molecule has 0 atom stereocenters. The molecule has 1 aliphatic rings. The highest BCUT2D eigenvalue weighted by Crippen LogP contribution is 2.24. The van der Waals surface area contributed by atoms with Gasteiger partial charge in [-0.25, -0.2) is 0 Å². The maximum atomic E-state index is 12.1. The molecule has 0 saturated carbocycles. The zero-order chi connectivity index (χ0) is 18.4. The minimum atomic E-state index is -0.131. The van der Waals surface area contributed by atoms with Crippen LogP contribution in [0.2, 0.25) is 0 Å². The van der Waals surface area contributed by atoms with Gasteiger partial charge in [0, 0.05) is 42.9 Å². The molecule has 3 rings (SSSR count). The molecule has 0 aromatic heterocycles. The molecule has 2 aromatic rings. The van der Waals surface area contributed by atoms with E-state index in [4.69, 9.17) is 0 Å². The molecule has 1 fully saturated rings. The normalized spacial score (nSPS) is 14.9. The fourth-order valence-electron chi connectivity index (χ4n) is 3.24. The van der Waals surface area contributed by atoms with Gasteiger partial charge in [-0.3, -0.25) is 9.59 Å². The highest BCUT2D eigenvalue weighted by Gasteiger charge is 2.16. The van der Waals surface area contributed by atoms with E-state index in [1.807, 2.05) is 30.3 Å². The van der Waals surface area contributed by atoms with Crippen LogP contribution in [0.25, 0.3) is 0 Å². The van der Waals surface area contributed by atoms with Crippen LogP contribution in [0.3, 0.4) is 0 Å². The SMILES string of the molecule is CC1CCN(c2ccc(NC(=O)CCC(=O)c3ccccc3)cc2)CC1. The zero-order valence-electron chi connectivity index (χ0n) is 15.3. The van der Waals surface area contributed by atoms with Crippen LogP contribution >= 0.6 is 0 Å². The molecule has 1 aliphatic heterocycles. The van der Waals surface area contributed by atoms with Gasteiger partial charge in [0.25, 0.3) is 0 Å². The lowest BCUT2D eigenvalue weighted by Crippen LogP contribution is -2.32. The average Bonchev–Trinajstić information content (AvgIpc) is 2.68. The minimum Gasteiger partial charge on any atom is -0.372 e. The van der Waals surface area contributed by atoms with Gasteiger partial charge in [-0.1, -0.05) is 37.3 Å². The predicted molar refractivity (Wildman–Crippen MR) is 106 cm³/mol. The van der Waals surface area contributed by atoms with Crippen molar-refractivity contribution in [3.8, 4) is 0 Å². The van der Waals surface area contributed by atoms with E-state index in [0.29, 0.717) is 5.56 Å². The summed E-state index contributed by atoms with van der Waals surface area (Å²) in [6, 6.07) is 17.1. The Bertz CT molecular complexity index is 732. The third-order valence-electron chi connectivity index (χ3n) is 4.97. The number of nitrogens with one attached hydrogen (secondary N) is 1. The molecular weight excluding hydrogens is 324 g/mol. The van der Waals surface area contributed by atoms with Gasteiger partial charge in [0.2, 0.25) is 5.91 Å². The molecule has 0 unspecified atom stereocenters. The lowest BCUT2D eigenvalue weighted by atomic mass is 9.99. The van der Waals surface area contributed by atoms with Crippen LogP contribution in [0.4, 0.5) is 11.4 Å². The molecule has 1 N–H and O–H groups in total. The Morgan fingerprint density at radius 1 is 0.962 bits per heavy atom. The van der Waals surface area contributed by atoms with Gasteiger partial charge in [-0.05, 0) is 43.0 Å². The Kier molecular flexibility index (Phi) is 6.05. The van der Waals surface area contributed by atoms with Crippen LogP contribution in [0, 0.1) is 5.92 Å². The topological polar surface area (TPSA) is 49.4 Å². The number of hydrogen-bond donors (Lipinski definition) is 1. The first-order valence-electron chi connectivity index (χ1n) is 9.35. The van der Waals surface area contributed by atoms with E-state index < -0.39 is 0 Å². The van der Waals surface area contributed by atoms with E-state index in [1.165, 1.54) is 18.5 Å². The molecule has 0 aliphatic carbocycles. The zero-order valence-corrected chi connectivity index (χ0v) is 15.3. The standard InChI is InChI=1S/C22H26N2O2/c1-17-13-15-24(16-14-17)20-9-7-19(8-10-20)23-22(26)12-11-21(25)18-5-3-2-4-6-18/h2-10,17H,11-16H2,1H3,(H,23,26). The fraction of sp³-hybridized carbons (Fsp3) is 0.364. The first kappa shape index (κ1) is 18.2. The Morgan fingerprint density at radius 2 is 1.62 bits per heavy atom. The summed E-state index contributed by atoms with van der Waals surface area (Å²) in [5.41, 5.74) is 2.63. The molecule has 4 heteroatoms. The second kappa shape index (κ2) is 8.65. The van der Waals surface area contributed by atoms with Crippen LogP contribution in [0.15, 0.2) is 54.6 Å². The van der Waals surface area contributed by atoms with Gasteiger partial charge in [-0.15, -0.1) is 0 Å². The molecule has 136 valence electrons. The van der Waals surface area contributed by atoms with Gasteiger partial charge in [0.05, 0.1) is 0 Å². The van der Waals surface area contributed by atoms with Crippen molar-refractivity contribution in [1.29, 1.82) is 0 Å². The number of amides is 1. The van der Waals surface area contributed by atoms with E-state index in [0.717, 1.165) is 24.7 Å². The molecule has 1 amide bonds. The number of carbonyl (C=O) groups is 2. The van der Waals surface area contributed by atoms with Crippen molar-refractivity contribution in [2.24, 2.45) is 5.92 Å². The van der Waals surface area contributed by atoms with Crippen molar-refractivity contribution in [3.63, 3.8) is 0 Å². The lowest BCUT2D eigenvalue weighted by Gasteiger charge is -2.32. The molecule has 0 spiro atoms. The van der Waals surface area contributed by atoms with Gasteiger partial charge in [-0.2, -0.15) is 0 Å². The van der Waals surface area contributed by atoms with Crippen molar-refractivity contribution >= 4 is 23.1 Å². The summed E-state index contributed by atoms with van der Waals surface area (Å²) in [5, 5.41) is 2.88. The Labute approximate surface area is 155 Å². The maximum absolute atomic E-state index is 12.1. The number of rotatable bonds is 6. The van der Waals surface area contributed by atoms with Crippen molar-refractivity contribution in [3.05, 3.63) is 60.2 Å². The van der Waals surface area contributed by atoms with E-state index >= 15 is 0 Å². The largest absolute Gasteiger partial charge is 0.372 e. The Hall–Kier alpha value is -2.62. The quantitative estimate of drug-likeness (QED) is 0.779. The first-order chi connectivity index (χ1) is 12.6. The van der Waals surface area contributed by atoms with Crippen molar-refractivity contribution in [2.45, 2.75) is 32.6 Å². The molecule has 0 radical (unpaired) electrons. The number of carbonyl (C=O) groups excluding carboxylic acids is 2. The van der Waals surface area contributed by atoms with Crippen LogP contribution in [-0.2, 0) is 4.79 Å². The number of nitrogens with zero attached hydrogens (tertiary/aromatic N) is 1. The number of Topliss-reactive ketones (excluding diaryl/α,β-unsaturated/α-hetero) is 1. The number of ketones is 1. The van der Waals surface area contributed by atoms with E-state index in [2.05, 4.69) is 29.3 Å². The first-order valence-corrected chi connectivity index (χ1v) is 9.35. The van der Waals surface area contributed by atoms with Crippen LogP contribution < -0.4 is 10.2 Å². The number of hydrogen-bond acceptors (Lipinski definition) is 3. The molecule has 1 saturated heterocycles. The van der Waals surface area contributed by atoms with Crippen LogP contribution in [-0.4, -0.2) is 24.8 Å². The van der Waals surface area contributed by atoms with Gasteiger partial charge >= 0.3 is 0 Å². The molecule has 0 bridgehead atoms. The Morgan fingerprint density at radius 3 is 2.27 bits per heavy atom. The summed E-state index contributed by atoms with van der Waals surface area (Å²) < 4.78 is 0. The van der Waals surface area contributed by atoms with Crippen LogP contribution in [0.1, 0.15) is 43.0 Å². The monoisotopic (exact) mass is 350 g/mol. The molecule has 4 nitrogen and oxygen atoms in total. The van der Waals surface area contributed by atoms with Crippen LogP contribution in [0.5, 0.6) is 0 Å². The summed E-state index contributed by atoms with van der Waals surface area (Å²) >= 11 is 0. The highest BCUT2D eigenvalue weighted by atomic mass is 16.2. The third-order valence-corrected chi connectivity index (χ3v) is 4.97. The number of anilines is 2. The summed E-state index contributed by atoms with van der Waals surface area (Å²) in [7, 11) is 0. The van der Waals surface area contributed by atoms with Gasteiger partial charge < -0.3 is 10.2 Å². The second-order valence-electron chi connectivity index (χ2n) is 7.05. The van der Waals surface area contributed by atoms with Crippen molar-refractivity contribution in [1.82, 2.24) is 0 Å². The van der Waals surface area contributed by atoms with Crippen molar-refractivity contribution < 1.29 is 9.59 Å². The smallest absolute Gasteiger partial charge is 0.224 e.